The predicted octanol–water partition coefficient (Wildman–Crippen LogP) is 3.30. The summed E-state index contributed by atoms with van der Waals surface area (Å²) in [5, 5.41) is 6.57. The molecule has 0 spiro atoms. The number of alkyl halides is 1. The zero-order chi connectivity index (χ0) is 8.39. The van der Waals surface area contributed by atoms with E-state index in [1.54, 1.807) is 17.5 Å². The van der Waals surface area contributed by atoms with Crippen molar-refractivity contribution < 1.29 is 4.52 Å². The number of rotatable bonds is 2. The van der Waals surface area contributed by atoms with Crippen LogP contribution in [-0.4, -0.2) is 5.16 Å². The highest BCUT2D eigenvalue weighted by molar-refractivity contribution is 9.08. The molecular formula is C8H6BrNOS. The van der Waals surface area contributed by atoms with Crippen molar-refractivity contribution in [2.45, 2.75) is 5.33 Å². The monoisotopic (exact) mass is 243 g/mol. The van der Waals surface area contributed by atoms with Crippen molar-refractivity contribution in [1.29, 1.82) is 0 Å². The molecule has 2 rings (SSSR count). The fourth-order valence-corrected chi connectivity index (χ4v) is 2.52. The molecule has 0 aliphatic heterocycles. The van der Waals surface area contributed by atoms with E-state index < -0.39 is 0 Å². The van der Waals surface area contributed by atoms with Gasteiger partial charge in [-0.25, -0.2) is 0 Å². The number of thiophene rings is 1. The Labute approximate surface area is 82.3 Å². The average Bonchev–Trinajstić information content (AvgIpc) is 2.74. The minimum absolute atomic E-state index is 0.847. The first kappa shape index (κ1) is 8.01. The molecule has 0 saturated heterocycles. The summed E-state index contributed by atoms with van der Waals surface area (Å²) in [4.78, 5) is 1.16. The smallest absolute Gasteiger partial charge is 0.177 e. The van der Waals surface area contributed by atoms with Crippen LogP contribution in [0.2, 0.25) is 0 Å². The molecular weight excluding hydrogens is 238 g/mol. The highest BCUT2D eigenvalue weighted by Crippen LogP contribution is 2.30. The molecule has 2 heterocycles. The van der Waals surface area contributed by atoms with Gasteiger partial charge >= 0.3 is 0 Å². The predicted molar refractivity (Wildman–Crippen MR) is 52.4 cm³/mol. The number of halogens is 1. The van der Waals surface area contributed by atoms with Gasteiger partial charge in [-0.3, -0.25) is 0 Å². The van der Waals surface area contributed by atoms with E-state index in [1.807, 2.05) is 6.07 Å². The Hall–Kier alpha value is -0.610. The van der Waals surface area contributed by atoms with Gasteiger partial charge in [0.15, 0.2) is 5.76 Å². The molecule has 12 heavy (non-hydrogen) atoms. The van der Waals surface area contributed by atoms with Crippen molar-refractivity contribution in [1.82, 2.24) is 5.16 Å². The lowest BCUT2D eigenvalue weighted by Gasteiger charge is -1.92. The van der Waals surface area contributed by atoms with Gasteiger partial charge in [0.1, 0.15) is 0 Å². The van der Waals surface area contributed by atoms with Crippen LogP contribution in [0.4, 0.5) is 0 Å². The first-order chi connectivity index (χ1) is 5.92. The van der Waals surface area contributed by atoms with E-state index in [-0.39, 0.29) is 0 Å². The van der Waals surface area contributed by atoms with Crippen molar-refractivity contribution in [2.75, 3.05) is 0 Å². The number of hydrogen-bond acceptors (Lipinski definition) is 3. The van der Waals surface area contributed by atoms with Crippen LogP contribution in [0.3, 0.4) is 0 Å². The van der Waals surface area contributed by atoms with Gasteiger partial charge < -0.3 is 4.52 Å². The molecule has 0 fully saturated rings. The van der Waals surface area contributed by atoms with E-state index in [9.17, 15) is 0 Å². The minimum atomic E-state index is 0.847. The molecule has 0 N–H and O–H groups in total. The summed E-state index contributed by atoms with van der Waals surface area (Å²) >= 11 is 5.09. The van der Waals surface area contributed by atoms with E-state index >= 15 is 0 Å². The molecule has 0 saturated carbocycles. The summed E-state index contributed by atoms with van der Waals surface area (Å²) in [5.74, 6) is 0.847. The standard InChI is InChI=1S/C8H6BrNOS/c9-5-6-2-4-12-8(6)7-1-3-10-11-7/h1-4H,5H2. The molecule has 0 atom stereocenters. The van der Waals surface area contributed by atoms with Gasteiger partial charge in [0.05, 0.1) is 11.1 Å². The van der Waals surface area contributed by atoms with Crippen molar-refractivity contribution in [3.63, 3.8) is 0 Å². The third-order valence-corrected chi connectivity index (χ3v) is 3.13. The van der Waals surface area contributed by atoms with Crippen molar-refractivity contribution in [3.8, 4) is 10.6 Å². The Kier molecular flexibility index (Phi) is 2.28. The van der Waals surface area contributed by atoms with E-state index in [0.717, 1.165) is 16.0 Å². The maximum Gasteiger partial charge on any atom is 0.177 e. The Morgan fingerprint density at radius 1 is 1.50 bits per heavy atom. The van der Waals surface area contributed by atoms with E-state index in [0.29, 0.717) is 0 Å². The molecule has 0 amide bonds. The van der Waals surface area contributed by atoms with Crippen LogP contribution in [0.15, 0.2) is 28.2 Å². The molecule has 2 nitrogen and oxygen atoms in total. The summed E-state index contributed by atoms with van der Waals surface area (Å²) in [7, 11) is 0. The van der Waals surface area contributed by atoms with Gasteiger partial charge in [-0.1, -0.05) is 21.1 Å². The molecule has 0 aliphatic rings. The Bertz CT molecular complexity index is 355. The summed E-state index contributed by atoms with van der Waals surface area (Å²) < 4.78 is 5.06. The SMILES string of the molecule is BrCc1ccsc1-c1ccno1. The maximum atomic E-state index is 5.06. The first-order valence-corrected chi connectivity index (χ1v) is 5.45. The molecule has 62 valence electrons. The van der Waals surface area contributed by atoms with Gasteiger partial charge in [0, 0.05) is 11.4 Å². The highest BCUT2D eigenvalue weighted by Gasteiger charge is 2.08. The number of hydrogen-bond donors (Lipinski definition) is 0. The molecule has 2 aromatic rings. The summed E-state index contributed by atoms with van der Waals surface area (Å²) in [5.41, 5.74) is 1.25. The van der Waals surface area contributed by atoms with Crippen molar-refractivity contribution in [2.24, 2.45) is 0 Å². The lowest BCUT2D eigenvalue weighted by molar-refractivity contribution is 0.433. The highest BCUT2D eigenvalue weighted by atomic mass is 79.9. The Morgan fingerprint density at radius 3 is 3.08 bits per heavy atom. The van der Waals surface area contributed by atoms with Gasteiger partial charge in [-0.05, 0) is 17.0 Å². The number of nitrogens with zero attached hydrogens (tertiary/aromatic N) is 1. The lowest BCUT2D eigenvalue weighted by Crippen LogP contribution is -1.74. The third-order valence-electron chi connectivity index (χ3n) is 1.55. The van der Waals surface area contributed by atoms with Crippen LogP contribution in [0.5, 0.6) is 0 Å². The Morgan fingerprint density at radius 2 is 2.42 bits per heavy atom. The second kappa shape index (κ2) is 3.41. The van der Waals surface area contributed by atoms with Crippen molar-refractivity contribution >= 4 is 27.3 Å². The van der Waals surface area contributed by atoms with Crippen LogP contribution in [0.25, 0.3) is 10.6 Å². The summed E-state index contributed by atoms with van der Waals surface area (Å²) in [6.45, 7) is 0. The fourth-order valence-electron chi connectivity index (χ4n) is 0.990. The van der Waals surface area contributed by atoms with Gasteiger partial charge in [-0.2, -0.15) is 0 Å². The van der Waals surface area contributed by atoms with Crippen molar-refractivity contribution in [3.05, 3.63) is 29.3 Å². The Balaban J connectivity index is 2.46. The van der Waals surface area contributed by atoms with E-state index in [2.05, 4.69) is 32.5 Å². The normalized spacial score (nSPS) is 10.4. The third kappa shape index (κ3) is 1.32. The molecule has 0 bridgehead atoms. The first-order valence-electron chi connectivity index (χ1n) is 3.45. The molecule has 4 heteroatoms. The van der Waals surface area contributed by atoms with E-state index in [1.165, 1.54) is 5.56 Å². The van der Waals surface area contributed by atoms with Gasteiger partial charge in [0.25, 0.3) is 0 Å². The molecule has 0 aromatic carbocycles. The van der Waals surface area contributed by atoms with Crippen LogP contribution in [0.1, 0.15) is 5.56 Å². The van der Waals surface area contributed by atoms with Crippen LogP contribution < -0.4 is 0 Å². The second-order valence-electron chi connectivity index (χ2n) is 2.29. The number of aromatic nitrogens is 1. The topological polar surface area (TPSA) is 26.0 Å². The summed E-state index contributed by atoms with van der Waals surface area (Å²) in [6, 6.07) is 3.95. The zero-order valence-electron chi connectivity index (χ0n) is 6.16. The fraction of sp³-hybridized carbons (Fsp3) is 0.125. The lowest BCUT2D eigenvalue weighted by atomic mass is 10.2. The van der Waals surface area contributed by atoms with E-state index in [4.69, 9.17) is 4.52 Å². The molecule has 0 unspecified atom stereocenters. The van der Waals surface area contributed by atoms with Crippen LogP contribution in [-0.2, 0) is 5.33 Å². The summed E-state index contributed by atoms with van der Waals surface area (Å²) in [6.07, 6.45) is 1.66. The molecule has 2 aromatic heterocycles. The average molecular weight is 244 g/mol. The van der Waals surface area contributed by atoms with Crippen LogP contribution in [0, 0.1) is 0 Å². The zero-order valence-corrected chi connectivity index (χ0v) is 8.56. The quantitative estimate of drug-likeness (QED) is 0.757. The molecule has 0 aliphatic carbocycles. The second-order valence-corrected chi connectivity index (χ2v) is 3.76. The largest absolute Gasteiger partial charge is 0.355 e. The minimum Gasteiger partial charge on any atom is -0.355 e. The molecule has 0 radical (unpaired) electrons. The van der Waals surface area contributed by atoms with Gasteiger partial charge in [0.2, 0.25) is 0 Å². The van der Waals surface area contributed by atoms with Gasteiger partial charge in [-0.15, -0.1) is 11.3 Å². The van der Waals surface area contributed by atoms with Crippen LogP contribution >= 0.6 is 27.3 Å². The maximum absolute atomic E-state index is 5.06.